The molecule has 5 heteroatoms. The molecule has 2 heterocycles. The molecule has 1 atom stereocenters. The first kappa shape index (κ1) is 13.1. The van der Waals surface area contributed by atoms with Crippen molar-refractivity contribution in [3.8, 4) is 11.3 Å². The van der Waals surface area contributed by atoms with Crippen LogP contribution in [0.3, 0.4) is 0 Å². The second-order valence-electron chi connectivity index (χ2n) is 5.56. The molecule has 0 spiro atoms. The van der Waals surface area contributed by atoms with Crippen molar-refractivity contribution in [2.45, 2.75) is 45.1 Å². The molecule has 2 aliphatic heterocycles. The molecule has 0 aromatic carbocycles. The minimum absolute atomic E-state index is 0.160. The minimum atomic E-state index is -0.160. The zero-order chi connectivity index (χ0) is 13.9. The number of rotatable bonds is 3. The molecule has 1 aliphatic carbocycles. The SMILES string of the molecule is C[C@@H](NC(=O)c1nnc2ccocc1-2)C1CCCCC1. The number of nitrogens with one attached hydrogen (secondary N) is 1. The average Bonchev–Trinajstić information content (AvgIpc) is 2.92. The van der Waals surface area contributed by atoms with E-state index in [0.717, 1.165) is 0 Å². The van der Waals surface area contributed by atoms with Crippen LogP contribution in [0.1, 0.15) is 49.5 Å². The lowest BCUT2D eigenvalue weighted by molar-refractivity contribution is 0.0915. The van der Waals surface area contributed by atoms with Crippen LogP contribution in [0.4, 0.5) is 0 Å². The quantitative estimate of drug-likeness (QED) is 0.933. The maximum absolute atomic E-state index is 12.3. The van der Waals surface area contributed by atoms with Crippen LogP contribution in [0.2, 0.25) is 0 Å². The van der Waals surface area contributed by atoms with E-state index in [9.17, 15) is 4.79 Å². The second kappa shape index (κ2) is 5.61. The molecular formula is C15H19N3O2. The summed E-state index contributed by atoms with van der Waals surface area (Å²) in [5, 5.41) is 11.0. The van der Waals surface area contributed by atoms with Gasteiger partial charge in [-0.05, 0) is 25.7 Å². The summed E-state index contributed by atoms with van der Waals surface area (Å²) in [6.45, 7) is 2.08. The van der Waals surface area contributed by atoms with E-state index < -0.39 is 0 Å². The van der Waals surface area contributed by atoms with Gasteiger partial charge >= 0.3 is 0 Å². The van der Waals surface area contributed by atoms with E-state index in [4.69, 9.17) is 4.42 Å². The van der Waals surface area contributed by atoms with E-state index in [0.29, 0.717) is 22.9 Å². The zero-order valence-corrected chi connectivity index (χ0v) is 11.6. The highest BCUT2D eigenvalue weighted by Gasteiger charge is 2.25. The normalized spacial score (nSPS) is 18.1. The Morgan fingerprint density at radius 1 is 1.35 bits per heavy atom. The minimum Gasteiger partial charge on any atom is -0.472 e. The third-order valence-corrected chi connectivity index (χ3v) is 4.21. The Morgan fingerprint density at radius 3 is 2.95 bits per heavy atom. The molecule has 0 unspecified atom stereocenters. The Balaban J connectivity index is 1.70. The fourth-order valence-electron chi connectivity index (χ4n) is 2.98. The van der Waals surface area contributed by atoms with E-state index in [1.165, 1.54) is 44.6 Å². The van der Waals surface area contributed by atoms with Gasteiger partial charge in [-0.2, -0.15) is 0 Å². The summed E-state index contributed by atoms with van der Waals surface area (Å²) in [4.78, 5) is 12.3. The lowest BCUT2D eigenvalue weighted by atomic mass is 9.84. The largest absolute Gasteiger partial charge is 0.472 e. The van der Waals surface area contributed by atoms with Crippen LogP contribution in [0.25, 0.3) is 11.3 Å². The van der Waals surface area contributed by atoms with Gasteiger partial charge in [0.25, 0.3) is 5.91 Å². The fraction of sp³-hybridized carbons (Fsp3) is 0.533. The van der Waals surface area contributed by atoms with Gasteiger partial charge in [0.2, 0.25) is 0 Å². The number of hydrogen-bond acceptors (Lipinski definition) is 4. The van der Waals surface area contributed by atoms with E-state index in [-0.39, 0.29) is 11.9 Å². The van der Waals surface area contributed by atoms with E-state index in [1.54, 1.807) is 6.07 Å². The fourth-order valence-corrected chi connectivity index (χ4v) is 2.98. The van der Waals surface area contributed by atoms with Crippen molar-refractivity contribution in [3.63, 3.8) is 0 Å². The molecule has 1 saturated carbocycles. The van der Waals surface area contributed by atoms with E-state index in [1.807, 2.05) is 0 Å². The molecular weight excluding hydrogens is 254 g/mol. The Hall–Kier alpha value is -1.91. The zero-order valence-electron chi connectivity index (χ0n) is 11.6. The van der Waals surface area contributed by atoms with Crippen LogP contribution in [-0.4, -0.2) is 22.1 Å². The van der Waals surface area contributed by atoms with Gasteiger partial charge in [0.15, 0.2) is 5.69 Å². The molecule has 3 rings (SSSR count). The summed E-state index contributed by atoms with van der Waals surface area (Å²) in [6, 6.07) is 1.89. The third-order valence-electron chi connectivity index (χ3n) is 4.21. The van der Waals surface area contributed by atoms with Crippen LogP contribution >= 0.6 is 0 Å². The first-order valence-electron chi connectivity index (χ1n) is 7.25. The van der Waals surface area contributed by atoms with Gasteiger partial charge in [0, 0.05) is 12.1 Å². The maximum Gasteiger partial charge on any atom is 0.272 e. The van der Waals surface area contributed by atoms with Crippen LogP contribution in [0.15, 0.2) is 23.0 Å². The monoisotopic (exact) mass is 273 g/mol. The van der Waals surface area contributed by atoms with Crippen LogP contribution in [0.5, 0.6) is 0 Å². The Kier molecular flexibility index (Phi) is 3.67. The predicted molar refractivity (Wildman–Crippen MR) is 74.4 cm³/mol. The molecule has 0 aromatic rings. The Bertz CT molecular complexity index is 560. The lowest BCUT2D eigenvalue weighted by Crippen LogP contribution is -2.39. The molecule has 106 valence electrons. The summed E-state index contributed by atoms with van der Waals surface area (Å²) in [5.74, 6) is 0.415. The molecule has 1 N–H and O–H groups in total. The number of fused-ring (bicyclic) bond motifs is 1. The molecule has 3 aliphatic rings. The molecule has 0 radical (unpaired) electrons. The lowest BCUT2D eigenvalue weighted by Gasteiger charge is -2.28. The Labute approximate surface area is 118 Å². The van der Waals surface area contributed by atoms with Crippen molar-refractivity contribution in [1.82, 2.24) is 15.5 Å². The third kappa shape index (κ3) is 2.53. The number of carbonyl (C=O) groups is 1. The van der Waals surface area contributed by atoms with Crippen molar-refractivity contribution >= 4 is 5.91 Å². The van der Waals surface area contributed by atoms with Crippen LogP contribution in [-0.2, 0) is 0 Å². The van der Waals surface area contributed by atoms with Gasteiger partial charge in [0.05, 0.1) is 11.8 Å². The van der Waals surface area contributed by atoms with Gasteiger partial charge in [0.1, 0.15) is 12.0 Å². The highest BCUT2D eigenvalue weighted by atomic mass is 16.3. The average molecular weight is 273 g/mol. The standard InChI is InChI=1S/C15H19N3O2/c1-10(11-5-3-2-4-6-11)16-15(19)14-12-9-20-8-7-13(12)17-18-14/h7-11H,2-6H2,1H3,(H,16,19)/t10-/m1/s1. The van der Waals surface area contributed by atoms with Gasteiger partial charge in [-0.1, -0.05) is 19.3 Å². The summed E-state index contributed by atoms with van der Waals surface area (Å²) in [5.41, 5.74) is 1.71. The van der Waals surface area contributed by atoms with Crippen molar-refractivity contribution in [3.05, 3.63) is 24.3 Å². The first-order valence-corrected chi connectivity index (χ1v) is 7.25. The second-order valence-corrected chi connectivity index (χ2v) is 5.56. The van der Waals surface area contributed by atoms with E-state index >= 15 is 0 Å². The first-order chi connectivity index (χ1) is 9.75. The Morgan fingerprint density at radius 2 is 2.15 bits per heavy atom. The van der Waals surface area contributed by atoms with Crippen molar-refractivity contribution in [1.29, 1.82) is 0 Å². The van der Waals surface area contributed by atoms with Crippen molar-refractivity contribution in [2.75, 3.05) is 0 Å². The molecule has 0 aromatic heterocycles. The maximum atomic E-state index is 12.3. The highest BCUT2D eigenvalue weighted by molar-refractivity contribution is 5.98. The predicted octanol–water partition coefficient (Wildman–Crippen LogP) is 2.87. The van der Waals surface area contributed by atoms with Crippen molar-refractivity contribution in [2.24, 2.45) is 5.92 Å². The summed E-state index contributed by atoms with van der Waals surface area (Å²) < 4.78 is 5.10. The van der Waals surface area contributed by atoms with Gasteiger partial charge < -0.3 is 9.73 Å². The number of carbonyl (C=O) groups excluding carboxylic acids is 1. The van der Waals surface area contributed by atoms with Crippen LogP contribution < -0.4 is 5.32 Å². The van der Waals surface area contributed by atoms with Gasteiger partial charge in [-0.25, -0.2) is 0 Å². The van der Waals surface area contributed by atoms with Crippen LogP contribution in [0, 0.1) is 5.92 Å². The number of amides is 1. The smallest absolute Gasteiger partial charge is 0.272 e. The summed E-state index contributed by atoms with van der Waals surface area (Å²) >= 11 is 0. The number of nitrogens with zero attached hydrogens (tertiary/aromatic N) is 2. The summed E-state index contributed by atoms with van der Waals surface area (Å²) in [6.07, 6.45) is 9.30. The number of hydrogen-bond donors (Lipinski definition) is 1. The highest BCUT2D eigenvalue weighted by Crippen LogP contribution is 2.27. The molecule has 0 bridgehead atoms. The van der Waals surface area contributed by atoms with Crippen molar-refractivity contribution < 1.29 is 9.21 Å². The van der Waals surface area contributed by atoms with Gasteiger partial charge in [-0.15, -0.1) is 10.2 Å². The topological polar surface area (TPSA) is 68.0 Å². The molecule has 1 fully saturated rings. The number of aromatic nitrogens is 2. The molecule has 1 amide bonds. The summed E-state index contributed by atoms with van der Waals surface area (Å²) in [7, 11) is 0. The van der Waals surface area contributed by atoms with E-state index in [2.05, 4.69) is 22.4 Å². The van der Waals surface area contributed by atoms with Gasteiger partial charge in [-0.3, -0.25) is 4.79 Å². The molecule has 5 nitrogen and oxygen atoms in total. The molecule has 20 heavy (non-hydrogen) atoms. The molecule has 0 saturated heterocycles.